The van der Waals surface area contributed by atoms with E-state index in [2.05, 4.69) is 47.7 Å². The Labute approximate surface area is 168 Å². The summed E-state index contributed by atoms with van der Waals surface area (Å²) in [7, 11) is 1.74. The number of fused-ring (bicyclic) bond motifs is 1. The fraction of sp³-hybridized carbons (Fsp3) is 0.591. The topological polar surface area (TPSA) is 46.9 Å². The zero-order valence-electron chi connectivity index (χ0n) is 17.4. The second kappa shape index (κ2) is 9.94. The number of hydrogen-bond acceptors (Lipinski definition) is 4. The maximum absolute atomic E-state index is 11.7. The van der Waals surface area contributed by atoms with E-state index in [0.29, 0.717) is 6.54 Å². The number of carbonyl (C=O) groups is 1. The molecule has 0 bridgehead atoms. The molecule has 1 aliphatic heterocycles. The van der Waals surface area contributed by atoms with Crippen LogP contribution in [0, 0.1) is 0 Å². The van der Waals surface area contributed by atoms with E-state index in [0.717, 1.165) is 58.7 Å². The first-order chi connectivity index (χ1) is 13.7. The summed E-state index contributed by atoms with van der Waals surface area (Å²) < 4.78 is 13.1. The fourth-order valence-electron chi connectivity index (χ4n) is 3.90. The van der Waals surface area contributed by atoms with E-state index in [-0.39, 0.29) is 6.04 Å². The van der Waals surface area contributed by atoms with Gasteiger partial charge in [-0.3, -0.25) is 4.79 Å². The van der Waals surface area contributed by atoms with Crippen molar-refractivity contribution in [3.63, 3.8) is 0 Å². The molecule has 1 fully saturated rings. The average molecular weight is 388 g/mol. The van der Waals surface area contributed by atoms with Crippen LogP contribution in [0.25, 0.3) is 10.9 Å². The van der Waals surface area contributed by atoms with Crippen molar-refractivity contribution in [2.45, 2.75) is 45.8 Å². The van der Waals surface area contributed by atoms with Crippen molar-refractivity contribution in [1.29, 1.82) is 0 Å². The standard InChI is InChI=1S/C22H33N3O3/c1-4-18(2)25(17-26)16-19-15-24(9-6-12-27-3)21-8-5-7-20(22(19)21)23-10-13-28-14-11-23/h5,7-8,15,17-18H,4,6,9-14,16H2,1-3H3. The lowest BCUT2D eigenvalue weighted by Gasteiger charge is -2.30. The van der Waals surface area contributed by atoms with Crippen LogP contribution in [-0.4, -0.2) is 61.9 Å². The van der Waals surface area contributed by atoms with Crippen LogP contribution in [0.2, 0.25) is 0 Å². The first-order valence-corrected chi connectivity index (χ1v) is 10.3. The molecule has 0 spiro atoms. The minimum Gasteiger partial charge on any atom is -0.385 e. The zero-order chi connectivity index (χ0) is 19.9. The van der Waals surface area contributed by atoms with Gasteiger partial charge in [0.15, 0.2) is 0 Å². The van der Waals surface area contributed by atoms with Gasteiger partial charge in [-0.05, 0) is 37.5 Å². The molecule has 0 saturated carbocycles. The highest BCUT2D eigenvalue weighted by Gasteiger charge is 2.20. The van der Waals surface area contributed by atoms with Gasteiger partial charge in [-0.2, -0.15) is 0 Å². The zero-order valence-corrected chi connectivity index (χ0v) is 17.4. The molecule has 154 valence electrons. The van der Waals surface area contributed by atoms with E-state index in [9.17, 15) is 4.79 Å². The number of ether oxygens (including phenoxy) is 2. The molecular formula is C22H33N3O3. The molecule has 2 aromatic rings. The van der Waals surface area contributed by atoms with Crippen molar-refractivity contribution < 1.29 is 14.3 Å². The number of rotatable bonds is 10. The van der Waals surface area contributed by atoms with Gasteiger partial charge in [0.05, 0.1) is 18.7 Å². The molecule has 1 amide bonds. The van der Waals surface area contributed by atoms with Crippen molar-refractivity contribution in [3.8, 4) is 0 Å². The maximum Gasteiger partial charge on any atom is 0.210 e. The Kier molecular flexibility index (Phi) is 7.34. The monoisotopic (exact) mass is 387 g/mol. The number of carbonyl (C=O) groups excluding carboxylic acids is 1. The highest BCUT2D eigenvalue weighted by Crippen LogP contribution is 2.33. The smallest absolute Gasteiger partial charge is 0.210 e. The molecule has 1 aromatic carbocycles. The Balaban J connectivity index is 2.02. The first kappa shape index (κ1) is 20.7. The quantitative estimate of drug-likeness (QED) is 0.464. The number of anilines is 1. The summed E-state index contributed by atoms with van der Waals surface area (Å²) in [4.78, 5) is 16.0. The third-order valence-corrected chi connectivity index (χ3v) is 5.71. The van der Waals surface area contributed by atoms with Crippen LogP contribution in [0.4, 0.5) is 5.69 Å². The number of methoxy groups -OCH3 is 1. The summed E-state index contributed by atoms with van der Waals surface area (Å²) in [6, 6.07) is 6.74. The third-order valence-electron chi connectivity index (χ3n) is 5.71. The third kappa shape index (κ3) is 4.50. The van der Waals surface area contributed by atoms with Gasteiger partial charge in [-0.1, -0.05) is 13.0 Å². The van der Waals surface area contributed by atoms with Crippen LogP contribution >= 0.6 is 0 Å². The summed E-state index contributed by atoms with van der Waals surface area (Å²) in [5, 5.41) is 1.26. The Morgan fingerprint density at radius 2 is 2.11 bits per heavy atom. The molecule has 0 aliphatic carbocycles. The highest BCUT2D eigenvalue weighted by atomic mass is 16.5. The van der Waals surface area contributed by atoms with Crippen molar-refractivity contribution in [2.24, 2.45) is 0 Å². The number of morpholine rings is 1. The van der Waals surface area contributed by atoms with Gasteiger partial charge in [0, 0.05) is 63.2 Å². The molecular weight excluding hydrogens is 354 g/mol. The van der Waals surface area contributed by atoms with E-state index < -0.39 is 0 Å². The molecule has 2 heterocycles. The van der Waals surface area contributed by atoms with Crippen molar-refractivity contribution in [1.82, 2.24) is 9.47 Å². The van der Waals surface area contributed by atoms with E-state index in [1.165, 1.54) is 22.2 Å². The van der Waals surface area contributed by atoms with Gasteiger partial charge < -0.3 is 23.8 Å². The summed E-state index contributed by atoms with van der Waals surface area (Å²) in [5.74, 6) is 0. The summed E-state index contributed by atoms with van der Waals surface area (Å²) >= 11 is 0. The van der Waals surface area contributed by atoms with Crippen LogP contribution in [0.5, 0.6) is 0 Å². The van der Waals surface area contributed by atoms with E-state index in [1.54, 1.807) is 7.11 Å². The van der Waals surface area contributed by atoms with Crippen LogP contribution in [-0.2, 0) is 27.4 Å². The SMILES string of the molecule is CCC(C)N(C=O)Cc1cn(CCCOC)c2cccc(N3CCOCC3)c12. The predicted molar refractivity (Wildman–Crippen MR) is 113 cm³/mol. The minimum atomic E-state index is 0.222. The largest absolute Gasteiger partial charge is 0.385 e. The molecule has 1 saturated heterocycles. The fourth-order valence-corrected chi connectivity index (χ4v) is 3.90. The van der Waals surface area contributed by atoms with Gasteiger partial charge in [0.1, 0.15) is 0 Å². The normalized spacial score (nSPS) is 15.8. The highest BCUT2D eigenvalue weighted by molar-refractivity contribution is 5.96. The summed E-state index contributed by atoms with van der Waals surface area (Å²) in [6.45, 7) is 9.82. The lowest BCUT2D eigenvalue weighted by Crippen LogP contribution is -2.36. The Morgan fingerprint density at radius 1 is 1.32 bits per heavy atom. The van der Waals surface area contributed by atoms with Gasteiger partial charge in [0.2, 0.25) is 6.41 Å². The molecule has 6 heteroatoms. The van der Waals surface area contributed by atoms with Crippen LogP contribution < -0.4 is 4.90 Å². The summed E-state index contributed by atoms with van der Waals surface area (Å²) in [6.07, 6.45) is 5.12. The maximum atomic E-state index is 11.7. The Hall–Kier alpha value is -2.05. The van der Waals surface area contributed by atoms with Crippen molar-refractivity contribution in [2.75, 3.05) is 44.9 Å². The van der Waals surface area contributed by atoms with E-state index in [4.69, 9.17) is 9.47 Å². The second-order valence-electron chi connectivity index (χ2n) is 7.50. The molecule has 1 aliphatic rings. The molecule has 28 heavy (non-hydrogen) atoms. The number of hydrogen-bond donors (Lipinski definition) is 0. The molecule has 1 aromatic heterocycles. The lowest BCUT2D eigenvalue weighted by atomic mass is 10.1. The number of amides is 1. The lowest BCUT2D eigenvalue weighted by molar-refractivity contribution is -0.120. The Morgan fingerprint density at radius 3 is 2.79 bits per heavy atom. The molecule has 6 nitrogen and oxygen atoms in total. The van der Waals surface area contributed by atoms with E-state index in [1.807, 2.05) is 4.90 Å². The van der Waals surface area contributed by atoms with Gasteiger partial charge in [0.25, 0.3) is 0 Å². The number of benzene rings is 1. The predicted octanol–water partition coefficient (Wildman–Crippen LogP) is 3.27. The van der Waals surface area contributed by atoms with Gasteiger partial charge in [-0.25, -0.2) is 0 Å². The van der Waals surface area contributed by atoms with Crippen LogP contribution in [0.1, 0.15) is 32.3 Å². The number of aryl methyl sites for hydroxylation is 1. The van der Waals surface area contributed by atoms with Crippen molar-refractivity contribution >= 4 is 23.0 Å². The second-order valence-corrected chi connectivity index (χ2v) is 7.50. The number of nitrogens with zero attached hydrogens (tertiary/aromatic N) is 3. The average Bonchev–Trinajstić information content (AvgIpc) is 3.10. The van der Waals surface area contributed by atoms with Crippen LogP contribution in [0.3, 0.4) is 0 Å². The summed E-state index contributed by atoms with van der Waals surface area (Å²) in [5.41, 5.74) is 3.68. The first-order valence-electron chi connectivity index (χ1n) is 10.3. The van der Waals surface area contributed by atoms with Gasteiger partial charge >= 0.3 is 0 Å². The number of aromatic nitrogens is 1. The molecule has 0 N–H and O–H groups in total. The molecule has 1 unspecified atom stereocenters. The van der Waals surface area contributed by atoms with Crippen LogP contribution in [0.15, 0.2) is 24.4 Å². The molecule has 3 rings (SSSR count). The molecule has 1 atom stereocenters. The van der Waals surface area contributed by atoms with E-state index >= 15 is 0 Å². The van der Waals surface area contributed by atoms with Gasteiger partial charge in [-0.15, -0.1) is 0 Å². The minimum absolute atomic E-state index is 0.222. The molecule has 0 radical (unpaired) electrons. The van der Waals surface area contributed by atoms with Crippen molar-refractivity contribution in [3.05, 3.63) is 30.0 Å². The Bertz CT molecular complexity index is 768.